The number of benzene rings is 1. The first-order chi connectivity index (χ1) is 10.7. The summed E-state index contributed by atoms with van der Waals surface area (Å²) in [4.78, 5) is 14.7. The van der Waals surface area contributed by atoms with Crippen molar-refractivity contribution in [2.75, 3.05) is 24.5 Å². The minimum atomic E-state index is 0.281. The lowest BCUT2D eigenvalue weighted by Gasteiger charge is -2.22. The highest BCUT2D eigenvalue weighted by Gasteiger charge is 2.25. The van der Waals surface area contributed by atoms with Crippen molar-refractivity contribution in [1.82, 2.24) is 5.32 Å². The van der Waals surface area contributed by atoms with E-state index in [0.717, 1.165) is 32.5 Å². The van der Waals surface area contributed by atoms with Gasteiger partial charge in [0.05, 0.1) is 0 Å². The molecule has 1 atom stereocenters. The molecule has 1 amide bonds. The van der Waals surface area contributed by atoms with Gasteiger partial charge in [0, 0.05) is 31.2 Å². The average Bonchev–Trinajstić information content (AvgIpc) is 3.02. The predicted molar refractivity (Wildman–Crippen MR) is 91.1 cm³/mol. The van der Waals surface area contributed by atoms with Gasteiger partial charge in [0.25, 0.3) is 0 Å². The van der Waals surface area contributed by atoms with Crippen LogP contribution < -0.4 is 10.2 Å². The lowest BCUT2D eigenvalue weighted by Crippen LogP contribution is -2.36. The highest BCUT2D eigenvalue weighted by Crippen LogP contribution is 2.25. The highest BCUT2D eigenvalue weighted by molar-refractivity contribution is 5.78. The summed E-state index contributed by atoms with van der Waals surface area (Å²) >= 11 is 0. The molecule has 0 spiro atoms. The molecule has 2 fully saturated rings. The number of anilines is 1. The molecule has 3 heteroatoms. The van der Waals surface area contributed by atoms with Gasteiger partial charge in [-0.3, -0.25) is 4.79 Å². The molecule has 0 aromatic heterocycles. The fourth-order valence-corrected chi connectivity index (χ4v) is 3.81. The van der Waals surface area contributed by atoms with Crippen molar-refractivity contribution in [3.63, 3.8) is 0 Å². The molecule has 120 valence electrons. The number of rotatable bonds is 4. The van der Waals surface area contributed by atoms with Crippen LogP contribution in [0.5, 0.6) is 0 Å². The SMILES string of the molecule is Cc1cccc(N2CCC(CNC(=O)C3CCCCC3)C2)c1. The summed E-state index contributed by atoms with van der Waals surface area (Å²) in [5, 5.41) is 3.21. The van der Waals surface area contributed by atoms with Crippen LogP contribution in [-0.2, 0) is 4.79 Å². The number of aryl methyl sites for hydroxylation is 1. The van der Waals surface area contributed by atoms with Crippen LogP contribution in [0.25, 0.3) is 0 Å². The average molecular weight is 300 g/mol. The zero-order chi connectivity index (χ0) is 15.4. The molecule has 22 heavy (non-hydrogen) atoms. The number of amides is 1. The standard InChI is InChI=1S/C19H28N2O/c1-15-6-5-9-18(12-15)21-11-10-16(14-21)13-20-19(22)17-7-3-2-4-8-17/h5-6,9,12,16-17H,2-4,7-8,10-11,13-14H2,1H3,(H,20,22). The molecule has 1 aromatic rings. The summed E-state index contributed by atoms with van der Waals surface area (Å²) in [5.41, 5.74) is 2.63. The van der Waals surface area contributed by atoms with Gasteiger partial charge in [-0.25, -0.2) is 0 Å². The zero-order valence-electron chi connectivity index (χ0n) is 13.7. The largest absolute Gasteiger partial charge is 0.371 e. The summed E-state index contributed by atoms with van der Waals surface area (Å²) in [7, 11) is 0. The Hall–Kier alpha value is -1.51. The second-order valence-electron chi connectivity index (χ2n) is 7.02. The van der Waals surface area contributed by atoms with E-state index in [4.69, 9.17) is 0 Å². The lowest BCUT2D eigenvalue weighted by atomic mass is 9.88. The summed E-state index contributed by atoms with van der Waals surface area (Å²) in [6.45, 7) is 5.15. The molecule has 3 nitrogen and oxygen atoms in total. The molecule has 0 bridgehead atoms. The van der Waals surface area contributed by atoms with Gasteiger partial charge in [-0.15, -0.1) is 0 Å². The number of nitrogens with zero attached hydrogens (tertiary/aromatic N) is 1. The molecule has 2 aliphatic rings. The van der Waals surface area contributed by atoms with Crippen molar-refractivity contribution in [2.24, 2.45) is 11.8 Å². The Morgan fingerprint density at radius 3 is 2.82 bits per heavy atom. The van der Waals surface area contributed by atoms with Crippen LogP contribution in [-0.4, -0.2) is 25.5 Å². The second-order valence-corrected chi connectivity index (χ2v) is 7.02. The quantitative estimate of drug-likeness (QED) is 0.923. The van der Waals surface area contributed by atoms with Crippen molar-refractivity contribution >= 4 is 11.6 Å². The smallest absolute Gasteiger partial charge is 0.223 e. The Labute approximate surface area is 134 Å². The van der Waals surface area contributed by atoms with Gasteiger partial charge in [-0.05, 0) is 49.8 Å². The van der Waals surface area contributed by atoms with Crippen LogP contribution in [0.15, 0.2) is 24.3 Å². The maximum atomic E-state index is 12.2. The van der Waals surface area contributed by atoms with Gasteiger partial charge in [0.2, 0.25) is 5.91 Å². The van der Waals surface area contributed by atoms with E-state index in [1.54, 1.807) is 0 Å². The number of hydrogen-bond donors (Lipinski definition) is 1. The fraction of sp³-hybridized carbons (Fsp3) is 0.632. The Balaban J connectivity index is 1.46. The van der Waals surface area contributed by atoms with Crippen LogP contribution in [0.1, 0.15) is 44.1 Å². The first kappa shape index (κ1) is 15.4. The van der Waals surface area contributed by atoms with Crippen LogP contribution in [0.3, 0.4) is 0 Å². The third kappa shape index (κ3) is 3.82. The minimum Gasteiger partial charge on any atom is -0.371 e. The van der Waals surface area contributed by atoms with Crippen LogP contribution in [0.2, 0.25) is 0 Å². The molecule has 1 aliphatic heterocycles. The van der Waals surface area contributed by atoms with Gasteiger partial charge in [0.1, 0.15) is 0 Å². The molecule has 3 rings (SSSR count). The molecule has 1 saturated heterocycles. The van der Waals surface area contributed by atoms with Gasteiger partial charge in [-0.1, -0.05) is 31.4 Å². The summed E-state index contributed by atoms with van der Waals surface area (Å²) in [6, 6.07) is 8.71. The molecular weight excluding hydrogens is 272 g/mol. The molecule has 1 unspecified atom stereocenters. The maximum absolute atomic E-state index is 12.2. The van der Waals surface area contributed by atoms with Crippen molar-refractivity contribution in [1.29, 1.82) is 0 Å². The van der Waals surface area contributed by atoms with E-state index >= 15 is 0 Å². The van der Waals surface area contributed by atoms with Gasteiger partial charge >= 0.3 is 0 Å². The molecule has 1 N–H and O–H groups in total. The molecule has 1 aliphatic carbocycles. The summed E-state index contributed by atoms with van der Waals surface area (Å²) in [6.07, 6.45) is 7.11. The summed E-state index contributed by atoms with van der Waals surface area (Å²) in [5.74, 6) is 1.17. The molecule has 1 aromatic carbocycles. The van der Waals surface area contributed by atoms with E-state index in [-0.39, 0.29) is 5.92 Å². The van der Waals surface area contributed by atoms with Gasteiger partial charge < -0.3 is 10.2 Å². The van der Waals surface area contributed by atoms with E-state index in [1.807, 2.05) is 0 Å². The lowest BCUT2D eigenvalue weighted by molar-refractivity contribution is -0.126. The third-order valence-corrected chi connectivity index (χ3v) is 5.19. The second kappa shape index (κ2) is 7.17. The number of nitrogens with one attached hydrogen (secondary N) is 1. The molecule has 0 radical (unpaired) electrons. The third-order valence-electron chi connectivity index (χ3n) is 5.19. The van der Waals surface area contributed by atoms with E-state index in [9.17, 15) is 4.79 Å². The van der Waals surface area contributed by atoms with Crippen LogP contribution >= 0.6 is 0 Å². The Kier molecular flexibility index (Phi) is 5.01. The predicted octanol–water partition coefficient (Wildman–Crippen LogP) is 3.52. The van der Waals surface area contributed by atoms with Crippen LogP contribution in [0.4, 0.5) is 5.69 Å². The number of carbonyl (C=O) groups is 1. The van der Waals surface area contributed by atoms with Gasteiger partial charge in [-0.2, -0.15) is 0 Å². The van der Waals surface area contributed by atoms with Crippen LogP contribution in [0, 0.1) is 18.8 Å². The zero-order valence-corrected chi connectivity index (χ0v) is 13.7. The molecule has 1 heterocycles. The Morgan fingerprint density at radius 2 is 2.05 bits per heavy atom. The fourth-order valence-electron chi connectivity index (χ4n) is 3.81. The van der Waals surface area contributed by atoms with Gasteiger partial charge in [0.15, 0.2) is 0 Å². The van der Waals surface area contributed by atoms with Crippen molar-refractivity contribution < 1.29 is 4.79 Å². The normalized spacial score (nSPS) is 22.8. The van der Waals surface area contributed by atoms with Crippen molar-refractivity contribution in [3.8, 4) is 0 Å². The van der Waals surface area contributed by atoms with E-state index in [0.29, 0.717) is 11.8 Å². The van der Waals surface area contributed by atoms with Crippen molar-refractivity contribution in [2.45, 2.75) is 45.4 Å². The van der Waals surface area contributed by atoms with Crippen molar-refractivity contribution in [3.05, 3.63) is 29.8 Å². The maximum Gasteiger partial charge on any atom is 0.223 e. The Bertz CT molecular complexity index is 508. The topological polar surface area (TPSA) is 32.3 Å². The molecular formula is C19H28N2O. The van der Waals surface area contributed by atoms with E-state index in [1.165, 1.54) is 36.9 Å². The van der Waals surface area contributed by atoms with E-state index in [2.05, 4.69) is 41.4 Å². The Morgan fingerprint density at radius 1 is 1.23 bits per heavy atom. The highest BCUT2D eigenvalue weighted by atomic mass is 16.1. The minimum absolute atomic E-state index is 0.281. The summed E-state index contributed by atoms with van der Waals surface area (Å²) < 4.78 is 0. The number of hydrogen-bond acceptors (Lipinski definition) is 2. The van der Waals surface area contributed by atoms with E-state index < -0.39 is 0 Å². The monoisotopic (exact) mass is 300 g/mol. The molecule has 1 saturated carbocycles. The number of carbonyl (C=O) groups excluding carboxylic acids is 1. The first-order valence-corrected chi connectivity index (χ1v) is 8.82. The first-order valence-electron chi connectivity index (χ1n) is 8.82.